The van der Waals surface area contributed by atoms with Gasteiger partial charge in [-0.1, -0.05) is 31.2 Å². The molecule has 0 amide bonds. The predicted octanol–water partition coefficient (Wildman–Crippen LogP) is 3.02. The normalized spacial score (nSPS) is 13.6. The molecule has 2 heterocycles. The average Bonchev–Trinajstić information content (AvgIpc) is 3.26. The lowest BCUT2D eigenvalue weighted by Gasteiger charge is -2.14. The Morgan fingerprint density at radius 1 is 1.26 bits per heavy atom. The first-order chi connectivity index (χ1) is 13.1. The Balaban J connectivity index is 1.70. The summed E-state index contributed by atoms with van der Waals surface area (Å²) in [6.45, 7) is 3.59. The van der Waals surface area contributed by atoms with Gasteiger partial charge < -0.3 is 5.32 Å². The van der Waals surface area contributed by atoms with Crippen LogP contribution in [0.15, 0.2) is 36.7 Å². The summed E-state index contributed by atoms with van der Waals surface area (Å²) in [5.41, 5.74) is 2.87. The van der Waals surface area contributed by atoms with Crippen molar-refractivity contribution < 1.29 is 4.92 Å². The molecule has 0 bridgehead atoms. The first-order valence-corrected chi connectivity index (χ1v) is 8.95. The Bertz CT molecular complexity index is 988. The van der Waals surface area contributed by atoms with Crippen LogP contribution in [0, 0.1) is 17.0 Å². The van der Waals surface area contributed by atoms with Crippen LogP contribution >= 0.6 is 0 Å². The van der Waals surface area contributed by atoms with E-state index in [0.717, 1.165) is 18.7 Å². The quantitative estimate of drug-likeness (QED) is 0.552. The second kappa shape index (κ2) is 6.79. The van der Waals surface area contributed by atoms with Crippen molar-refractivity contribution in [3.63, 3.8) is 0 Å². The van der Waals surface area contributed by atoms with Gasteiger partial charge in [0.05, 0.1) is 4.92 Å². The van der Waals surface area contributed by atoms with Gasteiger partial charge in [0.1, 0.15) is 11.5 Å². The van der Waals surface area contributed by atoms with Gasteiger partial charge in [-0.3, -0.25) is 14.7 Å². The third-order valence-corrected chi connectivity index (χ3v) is 4.87. The molecule has 8 nitrogen and oxygen atoms in total. The van der Waals surface area contributed by atoms with Crippen LogP contribution in [0.2, 0.25) is 0 Å². The molecule has 1 aliphatic carbocycles. The molecule has 8 heteroatoms. The van der Waals surface area contributed by atoms with E-state index >= 15 is 0 Å². The molecule has 138 valence electrons. The molecule has 1 aliphatic rings. The van der Waals surface area contributed by atoms with Gasteiger partial charge in [0.15, 0.2) is 0 Å². The number of benzene rings is 1. The highest BCUT2D eigenvalue weighted by molar-refractivity contribution is 5.54. The van der Waals surface area contributed by atoms with E-state index in [9.17, 15) is 10.1 Å². The summed E-state index contributed by atoms with van der Waals surface area (Å²) in [7, 11) is 0. The first-order valence-electron chi connectivity index (χ1n) is 8.95. The van der Waals surface area contributed by atoms with Crippen LogP contribution in [0.1, 0.15) is 29.6 Å². The molecule has 4 rings (SSSR count). The number of anilines is 1. The minimum atomic E-state index is -0.431. The molecule has 0 unspecified atom stereocenters. The minimum absolute atomic E-state index is 0.0945. The fraction of sp³-hybridized carbons (Fsp3) is 0.316. The number of nitrogens with zero attached hydrogens (tertiary/aromatic N) is 5. The fourth-order valence-corrected chi connectivity index (χ4v) is 3.63. The van der Waals surface area contributed by atoms with Gasteiger partial charge in [-0.15, -0.1) is 0 Å². The number of hydrogen-bond donors (Lipinski definition) is 1. The summed E-state index contributed by atoms with van der Waals surface area (Å²) >= 11 is 0. The average molecular weight is 364 g/mol. The third-order valence-electron chi connectivity index (χ3n) is 4.87. The SMILES string of the molecule is CCc1nccn1-c1nc(NC2Cc3ccccc3C2)nc(C)c1[N+](=O)[O-]. The maximum Gasteiger partial charge on any atom is 0.333 e. The number of fused-ring (bicyclic) bond motifs is 1. The van der Waals surface area contributed by atoms with Crippen molar-refractivity contribution in [2.45, 2.75) is 39.2 Å². The molecule has 0 fully saturated rings. The van der Waals surface area contributed by atoms with E-state index in [-0.39, 0.29) is 17.5 Å². The summed E-state index contributed by atoms with van der Waals surface area (Å²) < 4.78 is 1.67. The van der Waals surface area contributed by atoms with Crippen molar-refractivity contribution >= 4 is 11.6 Å². The van der Waals surface area contributed by atoms with Gasteiger partial charge in [-0.2, -0.15) is 4.98 Å². The summed E-state index contributed by atoms with van der Waals surface area (Å²) in [5, 5.41) is 15.0. The van der Waals surface area contributed by atoms with Gasteiger partial charge in [-0.05, 0) is 30.9 Å². The van der Waals surface area contributed by atoms with E-state index in [4.69, 9.17) is 0 Å². The maximum atomic E-state index is 11.6. The molecule has 0 saturated carbocycles. The van der Waals surface area contributed by atoms with E-state index in [2.05, 4.69) is 32.4 Å². The Morgan fingerprint density at radius 2 is 1.96 bits per heavy atom. The van der Waals surface area contributed by atoms with Crippen molar-refractivity contribution in [1.82, 2.24) is 19.5 Å². The molecule has 0 atom stereocenters. The topological polar surface area (TPSA) is 98.8 Å². The lowest BCUT2D eigenvalue weighted by atomic mass is 10.1. The van der Waals surface area contributed by atoms with Crippen LogP contribution in [-0.4, -0.2) is 30.5 Å². The van der Waals surface area contributed by atoms with Crippen molar-refractivity contribution in [3.8, 4) is 5.82 Å². The highest BCUT2D eigenvalue weighted by Crippen LogP contribution is 2.28. The molecular formula is C19H20N6O2. The van der Waals surface area contributed by atoms with E-state index in [1.54, 1.807) is 23.9 Å². The van der Waals surface area contributed by atoms with Crippen LogP contribution in [0.3, 0.4) is 0 Å². The molecule has 0 saturated heterocycles. The molecule has 2 aromatic heterocycles. The van der Waals surface area contributed by atoms with E-state index in [1.807, 2.05) is 19.1 Å². The zero-order chi connectivity index (χ0) is 19.0. The number of aromatic nitrogens is 4. The minimum Gasteiger partial charge on any atom is -0.351 e. The molecule has 0 radical (unpaired) electrons. The first kappa shape index (κ1) is 17.1. The Morgan fingerprint density at radius 3 is 2.59 bits per heavy atom. The highest BCUT2D eigenvalue weighted by atomic mass is 16.6. The van der Waals surface area contributed by atoms with Crippen molar-refractivity contribution in [1.29, 1.82) is 0 Å². The summed E-state index contributed by atoms with van der Waals surface area (Å²) in [6, 6.07) is 8.51. The third kappa shape index (κ3) is 3.14. The Labute approximate surface area is 156 Å². The zero-order valence-electron chi connectivity index (χ0n) is 15.2. The van der Waals surface area contributed by atoms with E-state index in [0.29, 0.717) is 18.1 Å². The second-order valence-corrected chi connectivity index (χ2v) is 6.65. The monoisotopic (exact) mass is 364 g/mol. The number of rotatable bonds is 5. The lowest BCUT2D eigenvalue weighted by Crippen LogP contribution is -2.22. The van der Waals surface area contributed by atoms with Gasteiger partial charge >= 0.3 is 5.69 Å². The predicted molar refractivity (Wildman–Crippen MR) is 101 cm³/mol. The van der Waals surface area contributed by atoms with Crippen LogP contribution < -0.4 is 5.32 Å². The number of aryl methyl sites for hydroxylation is 2. The largest absolute Gasteiger partial charge is 0.351 e. The summed E-state index contributed by atoms with van der Waals surface area (Å²) in [6.07, 6.45) is 5.74. The van der Waals surface area contributed by atoms with Gasteiger partial charge in [0.2, 0.25) is 11.8 Å². The number of nitro groups is 1. The maximum absolute atomic E-state index is 11.6. The summed E-state index contributed by atoms with van der Waals surface area (Å²) in [5.74, 6) is 1.37. The van der Waals surface area contributed by atoms with E-state index < -0.39 is 4.92 Å². The van der Waals surface area contributed by atoms with Gasteiger partial charge in [-0.25, -0.2) is 9.97 Å². The van der Waals surface area contributed by atoms with Crippen molar-refractivity contribution in [2.24, 2.45) is 0 Å². The molecule has 1 N–H and O–H groups in total. The molecule has 1 aromatic carbocycles. The fourth-order valence-electron chi connectivity index (χ4n) is 3.63. The smallest absolute Gasteiger partial charge is 0.333 e. The number of imidazole rings is 1. The standard InChI is InChI=1S/C19H20N6O2/c1-3-16-20-8-9-24(16)18-17(25(26)27)12(2)21-19(23-18)22-15-10-13-6-4-5-7-14(13)11-15/h4-9,15H,3,10-11H2,1-2H3,(H,21,22,23). The van der Waals surface area contributed by atoms with E-state index in [1.165, 1.54) is 11.1 Å². The van der Waals surface area contributed by atoms with Gasteiger partial charge in [0, 0.05) is 24.9 Å². The van der Waals surface area contributed by atoms with Crippen molar-refractivity contribution in [2.75, 3.05) is 5.32 Å². The van der Waals surface area contributed by atoms with Crippen LogP contribution in [-0.2, 0) is 19.3 Å². The number of nitrogens with one attached hydrogen (secondary N) is 1. The van der Waals surface area contributed by atoms with Crippen LogP contribution in [0.5, 0.6) is 0 Å². The van der Waals surface area contributed by atoms with Crippen molar-refractivity contribution in [3.05, 3.63) is 69.4 Å². The lowest BCUT2D eigenvalue weighted by molar-refractivity contribution is -0.385. The zero-order valence-corrected chi connectivity index (χ0v) is 15.2. The number of hydrogen-bond acceptors (Lipinski definition) is 6. The van der Waals surface area contributed by atoms with Crippen LogP contribution in [0.25, 0.3) is 5.82 Å². The molecule has 0 spiro atoms. The Kier molecular flexibility index (Phi) is 4.31. The molecule has 0 aliphatic heterocycles. The van der Waals surface area contributed by atoms with Crippen LogP contribution in [0.4, 0.5) is 11.6 Å². The molecule has 27 heavy (non-hydrogen) atoms. The summed E-state index contributed by atoms with van der Waals surface area (Å²) in [4.78, 5) is 24.3. The Hall–Kier alpha value is -3.29. The molecule has 3 aromatic rings. The second-order valence-electron chi connectivity index (χ2n) is 6.65. The molecular weight excluding hydrogens is 344 g/mol. The van der Waals surface area contributed by atoms with Gasteiger partial charge in [0.25, 0.3) is 0 Å². The highest BCUT2D eigenvalue weighted by Gasteiger charge is 2.27.